The van der Waals surface area contributed by atoms with Crippen LogP contribution in [0.1, 0.15) is 30.9 Å². The molecule has 4 aliphatic rings. The van der Waals surface area contributed by atoms with Gasteiger partial charge in [0.1, 0.15) is 29.5 Å². The summed E-state index contributed by atoms with van der Waals surface area (Å²) in [6, 6.07) is -0.0103. The van der Waals surface area contributed by atoms with Crippen LogP contribution in [0.4, 0.5) is 10.1 Å². The van der Waals surface area contributed by atoms with Crippen LogP contribution in [0, 0.1) is 29.0 Å². The van der Waals surface area contributed by atoms with E-state index in [1.807, 2.05) is 4.90 Å². The van der Waals surface area contributed by atoms with Crippen LogP contribution in [0.2, 0.25) is 0 Å². The number of halogens is 1. The molecule has 1 aliphatic heterocycles. The van der Waals surface area contributed by atoms with Gasteiger partial charge in [-0.05, 0) is 51.7 Å². The van der Waals surface area contributed by atoms with Crippen molar-refractivity contribution < 1.29 is 39.2 Å². The number of quaternary nitrogens is 1. The number of aromatic hydroxyl groups is 1. The second-order valence-corrected chi connectivity index (χ2v) is 13.1. The summed E-state index contributed by atoms with van der Waals surface area (Å²) < 4.78 is 15.3. The van der Waals surface area contributed by atoms with Crippen molar-refractivity contribution in [2.45, 2.75) is 37.8 Å². The van der Waals surface area contributed by atoms with E-state index in [0.29, 0.717) is 5.92 Å². The van der Waals surface area contributed by atoms with Crippen molar-refractivity contribution in [3.05, 3.63) is 39.9 Å². The Hall–Kier alpha value is -3.65. The highest BCUT2D eigenvalue weighted by Crippen LogP contribution is 2.53. The maximum Gasteiger partial charge on any atom is 0.332 e. The Morgan fingerprint density at radius 2 is 1.91 bits per heavy atom. The predicted octanol–water partition coefficient (Wildman–Crippen LogP) is 0.989. The third-order valence-electron chi connectivity index (χ3n) is 9.79. The van der Waals surface area contributed by atoms with Crippen molar-refractivity contribution in [3.63, 3.8) is 0 Å². The number of ketones is 1. The molecule has 0 bridgehead atoms. The molecule has 1 heterocycles. The van der Waals surface area contributed by atoms with Crippen LogP contribution in [0.3, 0.4) is 0 Å². The first kappa shape index (κ1) is 30.8. The molecule has 0 radical (unpaired) electrons. The van der Waals surface area contributed by atoms with Gasteiger partial charge in [-0.3, -0.25) is 19.4 Å². The normalized spacial score (nSPS) is 29.6. The third-order valence-corrected chi connectivity index (χ3v) is 9.79. The Bertz CT molecular complexity index is 1530. The Balaban J connectivity index is 1.62. The van der Waals surface area contributed by atoms with Crippen LogP contribution in [0.15, 0.2) is 23.0 Å². The number of aliphatic hydroxyl groups is 3. The molecule has 2 fully saturated rings. The lowest BCUT2D eigenvalue weighted by molar-refractivity contribution is -0.138. The van der Waals surface area contributed by atoms with E-state index in [-0.39, 0.29) is 47.7 Å². The Morgan fingerprint density at radius 1 is 1.26 bits per heavy atom. The first-order valence-electron chi connectivity index (χ1n) is 14.3. The molecule has 43 heavy (non-hydrogen) atoms. The number of nitrogens with zero attached hydrogens (tertiary/aromatic N) is 3. The summed E-state index contributed by atoms with van der Waals surface area (Å²) in [7, 11) is 6.13. The lowest BCUT2D eigenvalue weighted by atomic mass is 9.57. The minimum absolute atomic E-state index is 0.0589. The summed E-state index contributed by atoms with van der Waals surface area (Å²) in [6.07, 6.45) is 0.741. The van der Waals surface area contributed by atoms with Crippen LogP contribution < -0.4 is 10.2 Å². The number of carbonyl (C=O) groups excluding carboxylic acids is 3. The van der Waals surface area contributed by atoms with Gasteiger partial charge in [-0.1, -0.05) is 6.92 Å². The smallest absolute Gasteiger partial charge is 0.332 e. The lowest BCUT2D eigenvalue weighted by Gasteiger charge is -2.51. The van der Waals surface area contributed by atoms with Crippen LogP contribution >= 0.6 is 0 Å². The Labute approximate surface area is 248 Å². The Morgan fingerprint density at radius 3 is 2.47 bits per heavy atom. The highest BCUT2D eigenvalue weighted by molar-refractivity contribution is 6.34. The summed E-state index contributed by atoms with van der Waals surface area (Å²) in [4.78, 5) is 43.2. The van der Waals surface area contributed by atoms with Crippen molar-refractivity contribution in [2.75, 3.05) is 47.8 Å². The molecule has 13 heteroatoms. The summed E-state index contributed by atoms with van der Waals surface area (Å²) >= 11 is 0. The number of nitrogens with one attached hydrogen (secondary N) is 1. The number of hydrogen-bond acceptors (Lipinski definition) is 10. The number of rotatable bonds is 5. The van der Waals surface area contributed by atoms with Crippen molar-refractivity contribution in [3.8, 4) is 5.75 Å². The fourth-order valence-corrected chi connectivity index (χ4v) is 7.41. The van der Waals surface area contributed by atoms with Crippen molar-refractivity contribution >= 4 is 34.8 Å². The largest absolute Gasteiger partial charge is 0.510 e. The number of carbonyl (C=O) groups is 3. The van der Waals surface area contributed by atoms with Gasteiger partial charge < -0.3 is 31.6 Å². The van der Waals surface area contributed by atoms with Crippen LogP contribution in [0.25, 0.3) is 5.76 Å². The molecular weight excluding hydrogens is 561 g/mol. The van der Waals surface area contributed by atoms with Gasteiger partial charge in [0.15, 0.2) is 17.0 Å². The SMILES string of the molecule is CC1CCN(CC(=O)[N+](C)(C)c2cc(F)c3c(c2O)C(O)=C2C(=O)C4(O)C(=N)C(C(N)=O)=C(O)C(N(C)C)C4CC2C3)C1. The fraction of sp³-hybridized carbons (Fsp3) is 0.533. The Kier molecular flexibility index (Phi) is 7.32. The maximum absolute atomic E-state index is 15.8. The third kappa shape index (κ3) is 4.40. The van der Waals surface area contributed by atoms with Gasteiger partial charge in [-0.25, -0.2) is 13.7 Å². The number of Topliss-reactive ketones (excluding diaryl/α,β-unsaturated/α-hetero) is 1. The number of aliphatic hydroxyl groups excluding tert-OH is 2. The second-order valence-electron chi connectivity index (χ2n) is 13.1. The average Bonchev–Trinajstić information content (AvgIpc) is 3.31. The summed E-state index contributed by atoms with van der Waals surface area (Å²) in [5.74, 6) is -6.84. The van der Waals surface area contributed by atoms with E-state index < -0.39 is 74.0 Å². The number of nitrogens with two attached hydrogens (primary N) is 1. The number of amides is 2. The molecule has 1 aromatic carbocycles. The average molecular weight is 601 g/mol. The van der Waals surface area contributed by atoms with E-state index in [1.54, 1.807) is 14.1 Å². The topological polar surface area (TPSA) is 188 Å². The van der Waals surface area contributed by atoms with Gasteiger partial charge in [0, 0.05) is 29.7 Å². The molecule has 5 atom stereocenters. The van der Waals surface area contributed by atoms with E-state index in [1.165, 1.54) is 19.0 Å². The molecule has 5 unspecified atom stereocenters. The zero-order chi connectivity index (χ0) is 31.9. The number of likely N-dealkylation sites (tertiary alicyclic amines) is 1. The minimum atomic E-state index is -2.65. The number of phenols is 1. The standard InChI is InChI=1S/C30H38FN5O7/c1-13-6-7-35(11-13)12-19(37)36(4,5)18-10-17(31)15-8-14-9-16-23(34(2)3)26(40)22(29(33)42)27(32)30(16,43)28(41)20(14)25(39)21(15)24(18)38/h10,13-14,16,23,43H,6-9,11-12H2,1-5H3,(H5-,32,33,38,39,40,41,42)/p+1. The highest BCUT2D eigenvalue weighted by Gasteiger charge is 2.63. The summed E-state index contributed by atoms with van der Waals surface area (Å²) in [6.45, 7) is 3.65. The van der Waals surface area contributed by atoms with Gasteiger partial charge in [0.05, 0.1) is 31.4 Å². The number of benzene rings is 1. The molecule has 5 rings (SSSR count). The van der Waals surface area contributed by atoms with E-state index in [4.69, 9.17) is 11.1 Å². The van der Waals surface area contributed by atoms with Crippen LogP contribution in [-0.2, 0) is 20.8 Å². The van der Waals surface area contributed by atoms with Gasteiger partial charge in [0.25, 0.3) is 5.91 Å². The number of primary amides is 1. The van der Waals surface area contributed by atoms with E-state index >= 15 is 4.39 Å². The molecule has 2 amide bonds. The lowest BCUT2D eigenvalue weighted by Crippen LogP contribution is -2.67. The maximum atomic E-state index is 15.8. The molecule has 7 N–H and O–H groups in total. The minimum Gasteiger partial charge on any atom is -0.510 e. The first-order valence-corrected chi connectivity index (χ1v) is 14.3. The molecule has 12 nitrogen and oxygen atoms in total. The van der Waals surface area contributed by atoms with Gasteiger partial charge >= 0.3 is 5.91 Å². The van der Waals surface area contributed by atoms with Gasteiger partial charge in [-0.15, -0.1) is 0 Å². The monoisotopic (exact) mass is 600 g/mol. The van der Waals surface area contributed by atoms with E-state index in [0.717, 1.165) is 25.6 Å². The zero-order valence-electron chi connectivity index (χ0n) is 24.9. The van der Waals surface area contributed by atoms with Crippen molar-refractivity contribution in [1.82, 2.24) is 14.3 Å². The highest BCUT2D eigenvalue weighted by atomic mass is 19.1. The molecular formula is C30H39FN5O7+. The molecule has 3 aliphatic carbocycles. The van der Waals surface area contributed by atoms with Crippen LogP contribution in [-0.4, -0.2) is 113 Å². The van der Waals surface area contributed by atoms with Gasteiger partial charge in [0.2, 0.25) is 5.78 Å². The summed E-state index contributed by atoms with van der Waals surface area (Å²) in [5, 5.41) is 54.3. The molecule has 0 aromatic heterocycles. The molecule has 1 saturated heterocycles. The first-order chi connectivity index (χ1) is 19.9. The number of hydrogen-bond donors (Lipinski definition) is 6. The summed E-state index contributed by atoms with van der Waals surface area (Å²) in [5.41, 5.74) is 0.349. The molecule has 1 aromatic rings. The second kappa shape index (κ2) is 10.2. The van der Waals surface area contributed by atoms with Crippen molar-refractivity contribution in [2.24, 2.45) is 23.5 Å². The zero-order valence-corrected chi connectivity index (χ0v) is 24.9. The van der Waals surface area contributed by atoms with Crippen molar-refractivity contribution in [1.29, 1.82) is 5.41 Å². The predicted molar refractivity (Wildman–Crippen MR) is 156 cm³/mol. The number of fused-ring (bicyclic) bond motifs is 3. The molecule has 232 valence electrons. The molecule has 0 spiro atoms. The van der Waals surface area contributed by atoms with Gasteiger partial charge in [-0.2, -0.15) is 0 Å². The van der Waals surface area contributed by atoms with E-state index in [2.05, 4.69) is 6.92 Å². The number of phenolic OH excluding ortho intramolecular Hbond substituents is 1. The molecule has 1 saturated carbocycles. The van der Waals surface area contributed by atoms with Crippen LogP contribution in [0.5, 0.6) is 5.75 Å². The fourth-order valence-electron chi connectivity index (χ4n) is 7.41. The van der Waals surface area contributed by atoms with E-state index in [9.17, 15) is 34.8 Å². The number of likely N-dealkylation sites (N-methyl/N-ethyl adjacent to an activating group) is 2. The quantitative estimate of drug-likeness (QED) is 0.268.